The molecule has 3 N–H and O–H groups in total. The molecule has 0 spiro atoms. The highest BCUT2D eigenvalue weighted by Gasteiger charge is 2.25. The standard InChI is InChI=1S/C19H25N3O3S/c23-19(22-26(24,25)11-9-15-6-3-10-20-15)21-18-16-7-1-4-13(16)12-14-5-2-8-17(14)18/h9,11-12,15,20H,1-8,10H2,(H2,21,22,23)/b11-9+/t15-/m1/s1. The van der Waals surface area contributed by atoms with Gasteiger partial charge in [-0.25, -0.2) is 17.9 Å². The molecule has 1 saturated heterocycles. The monoisotopic (exact) mass is 375 g/mol. The van der Waals surface area contributed by atoms with Gasteiger partial charge in [0.1, 0.15) is 0 Å². The van der Waals surface area contributed by atoms with Crippen LogP contribution in [0.3, 0.4) is 0 Å². The number of fused-ring (bicyclic) bond motifs is 2. The van der Waals surface area contributed by atoms with Gasteiger partial charge < -0.3 is 10.6 Å². The second-order valence-corrected chi connectivity index (χ2v) is 8.93. The third-order valence-electron chi connectivity index (χ3n) is 5.53. The zero-order valence-electron chi connectivity index (χ0n) is 14.8. The fourth-order valence-electron chi connectivity index (χ4n) is 4.34. The number of anilines is 1. The number of amides is 2. The van der Waals surface area contributed by atoms with Crippen LogP contribution in [0, 0.1) is 0 Å². The number of carbonyl (C=O) groups excluding carboxylic acids is 1. The van der Waals surface area contributed by atoms with Crippen molar-refractivity contribution in [2.24, 2.45) is 0 Å². The van der Waals surface area contributed by atoms with E-state index in [9.17, 15) is 13.2 Å². The molecule has 1 atom stereocenters. The maximum Gasteiger partial charge on any atom is 0.333 e. The van der Waals surface area contributed by atoms with Crippen LogP contribution in [0.15, 0.2) is 17.6 Å². The number of rotatable bonds is 4. The van der Waals surface area contributed by atoms with Gasteiger partial charge in [-0.15, -0.1) is 0 Å². The first-order valence-electron chi connectivity index (χ1n) is 9.44. The summed E-state index contributed by atoms with van der Waals surface area (Å²) in [6.45, 7) is 0.896. The first-order valence-corrected chi connectivity index (χ1v) is 11.0. The second-order valence-electron chi connectivity index (χ2n) is 7.37. The molecule has 3 aliphatic rings. The quantitative estimate of drug-likeness (QED) is 0.754. The van der Waals surface area contributed by atoms with Crippen molar-refractivity contribution in [2.75, 3.05) is 11.9 Å². The molecule has 2 amide bonds. The van der Waals surface area contributed by atoms with Crippen LogP contribution < -0.4 is 15.4 Å². The molecule has 0 radical (unpaired) electrons. The van der Waals surface area contributed by atoms with E-state index in [2.05, 4.69) is 21.4 Å². The van der Waals surface area contributed by atoms with Crippen molar-refractivity contribution in [1.82, 2.24) is 10.0 Å². The number of sulfonamides is 1. The highest BCUT2D eigenvalue weighted by atomic mass is 32.2. The van der Waals surface area contributed by atoms with E-state index in [-0.39, 0.29) is 6.04 Å². The summed E-state index contributed by atoms with van der Waals surface area (Å²) in [5.74, 6) is 0. The Labute approximate surface area is 154 Å². The molecule has 1 aromatic rings. The topological polar surface area (TPSA) is 87.3 Å². The van der Waals surface area contributed by atoms with Gasteiger partial charge in [-0.2, -0.15) is 0 Å². The zero-order chi connectivity index (χ0) is 18.1. The van der Waals surface area contributed by atoms with Crippen LogP contribution in [0.4, 0.5) is 10.5 Å². The normalized spacial score (nSPS) is 21.8. The van der Waals surface area contributed by atoms with E-state index < -0.39 is 16.1 Å². The highest BCUT2D eigenvalue weighted by molar-refractivity contribution is 7.92. The summed E-state index contributed by atoms with van der Waals surface area (Å²) in [6.07, 6.45) is 9.70. The Hall–Kier alpha value is -1.86. The molecule has 0 bridgehead atoms. The van der Waals surface area contributed by atoms with Crippen molar-refractivity contribution in [2.45, 2.75) is 57.4 Å². The van der Waals surface area contributed by atoms with Crippen LogP contribution in [0.5, 0.6) is 0 Å². The van der Waals surface area contributed by atoms with Crippen LogP contribution in [0.2, 0.25) is 0 Å². The first-order chi connectivity index (χ1) is 12.5. The number of carbonyl (C=O) groups is 1. The molecule has 1 heterocycles. The van der Waals surface area contributed by atoms with Gasteiger partial charge in [-0.3, -0.25) is 0 Å². The lowest BCUT2D eigenvalue weighted by Crippen LogP contribution is -2.34. The largest absolute Gasteiger partial charge is 0.333 e. The Bertz CT molecular complexity index is 823. The predicted molar refractivity (Wildman–Crippen MR) is 102 cm³/mol. The minimum absolute atomic E-state index is 0.0651. The van der Waals surface area contributed by atoms with E-state index >= 15 is 0 Å². The summed E-state index contributed by atoms with van der Waals surface area (Å²) >= 11 is 0. The van der Waals surface area contributed by atoms with E-state index in [1.165, 1.54) is 22.3 Å². The van der Waals surface area contributed by atoms with Gasteiger partial charge in [0.15, 0.2) is 0 Å². The summed E-state index contributed by atoms with van der Waals surface area (Å²) in [5.41, 5.74) is 5.82. The molecule has 0 unspecified atom stereocenters. The summed E-state index contributed by atoms with van der Waals surface area (Å²) in [5, 5.41) is 7.14. The summed E-state index contributed by atoms with van der Waals surface area (Å²) in [7, 11) is -3.80. The minimum atomic E-state index is -3.80. The Morgan fingerprint density at radius 2 is 1.77 bits per heavy atom. The molecular formula is C19H25N3O3S. The highest BCUT2D eigenvalue weighted by Crippen LogP contribution is 2.38. The molecule has 0 saturated carbocycles. The summed E-state index contributed by atoms with van der Waals surface area (Å²) in [6, 6.07) is 1.67. The van der Waals surface area contributed by atoms with Crippen molar-refractivity contribution in [1.29, 1.82) is 0 Å². The zero-order valence-corrected chi connectivity index (χ0v) is 15.6. The number of hydrogen-bond donors (Lipinski definition) is 3. The van der Waals surface area contributed by atoms with Crippen LogP contribution in [0.1, 0.15) is 47.9 Å². The molecule has 1 aliphatic heterocycles. The molecular weight excluding hydrogens is 350 g/mol. The number of hydrogen-bond acceptors (Lipinski definition) is 4. The van der Waals surface area contributed by atoms with E-state index in [1.807, 2.05) is 0 Å². The van der Waals surface area contributed by atoms with Crippen LogP contribution in [0.25, 0.3) is 0 Å². The smallest absolute Gasteiger partial charge is 0.310 e. The summed E-state index contributed by atoms with van der Waals surface area (Å²) < 4.78 is 26.5. The summed E-state index contributed by atoms with van der Waals surface area (Å²) in [4.78, 5) is 12.4. The van der Waals surface area contributed by atoms with E-state index in [0.717, 1.165) is 69.0 Å². The molecule has 140 valence electrons. The van der Waals surface area contributed by atoms with Crippen molar-refractivity contribution in [3.05, 3.63) is 39.8 Å². The van der Waals surface area contributed by atoms with E-state index in [0.29, 0.717) is 0 Å². The fourth-order valence-corrected chi connectivity index (χ4v) is 5.12. The second kappa shape index (κ2) is 7.04. The average molecular weight is 375 g/mol. The molecule has 4 rings (SSSR count). The van der Waals surface area contributed by atoms with Gasteiger partial charge in [0.2, 0.25) is 0 Å². The third kappa shape index (κ3) is 3.64. The number of benzene rings is 1. The van der Waals surface area contributed by atoms with Crippen molar-refractivity contribution < 1.29 is 13.2 Å². The molecule has 6 nitrogen and oxygen atoms in total. The van der Waals surface area contributed by atoms with Gasteiger partial charge in [-0.05, 0) is 80.2 Å². The van der Waals surface area contributed by atoms with Gasteiger partial charge in [-0.1, -0.05) is 12.1 Å². The molecule has 7 heteroatoms. The van der Waals surface area contributed by atoms with E-state index in [1.54, 1.807) is 6.08 Å². The number of nitrogens with one attached hydrogen (secondary N) is 3. The Morgan fingerprint density at radius 1 is 1.08 bits per heavy atom. The van der Waals surface area contributed by atoms with Gasteiger partial charge in [0.05, 0.1) is 0 Å². The maximum atomic E-state index is 12.4. The van der Waals surface area contributed by atoms with Crippen molar-refractivity contribution >= 4 is 21.7 Å². The lowest BCUT2D eigenvalue weighted by atomic mass is 9.99. The van der Waals surface area contributed by atoms with Gasteiger partial charge in [0.25, 0.3) is 10.0 Å². The van der Waals surface area contributed by atoms with Crippen LogP contribution in [-0.4, -0.2) is 27.0 Å². The Balaban J connectivity index is 1.49. The van der Waals surface area contributed by atoms with Crippen LogP contribution >= 0.6 is 0 Å². The minimum Gasteiger partial charge on any atom is -0.310 e. The maximum absolute atomic E-state index is 12.4. The Kier molecular flexibility index (Phi) is 4.75. The first kappa shape index (κ1) is 17.5. The van der Waals surface area contributed by atoms with Crippen LogP contribution in [-0.2, 0) is 35.7 Å². The lowest BCUT2D eigenvalue weighted by Gasteiger charge is -2.16. The predicted octanol–water partition coefficient (Wildman–Crippen LogP) is 2.38. The number of urea groups is 1. The fraction of sp³-hybridized carbons (Fsp3) is 0.526. The van der Waals surface area contributed by atoms with Gasteiger partial charge in [0, 0.05) is 17.1 Å². The van der Waals surface area contributed by atoms with Crippen molar-refractivity contribution in [3.63, 3.8) is 0 Å². The number of aryl methyl sites for hydroxylation is 2. The van der Waals surface area contributed by atoms with Gasteiger partial charge >= 0.3 is 6.03 Å². The molecule has 26 heavy (non-hydrogen) atoms. The Morgan fingerprint density at radius 3 is 2.38 bits per heavy atom. The average Bonchev–Trinajstić information content (AvgIpc) is 3.33. The molecule has 1 fully saturated rings. The van der Waals surface area contributed by atoms with E-state index in [4.69, 9.17) is 0 Å². The SMILES string of the molecule is O=C(Nc1c2c(cc3c1CCC3)CCC2)NS(=O)(=O)/C=C/[C@H]1CCCN1. The van der Waals surface area contributed by atoms with Crippen molar-refractivity contribution in [3.8, 4) is 0 Å². The molecule has 0 aromatic heterocycles. The molecule has 1 aromatic carbocycles. The molecule has 2 aliphatic carbocycles. The lowest BCUT2D eigenvalue weighted by molar-refractivity contribution is 0.256. The third-order valence-corrected chi connectivity index (χ3v) is 6.52.